The van der Waals surface area contributed by atoms with E-state index in [2.05, 4.69) is 55.2 Å². The Labute approximate surface area is 178 Å². The Balaban J connectivity index is 1.36. The lowest BCUT2D eigenvalue weighted by atomic mass is 10.0. The molecule has 30 heavy (non-hydrogen) atoms. The fourth-order valence-electron chi connectivity index (χ4n) is 3.25. The highest BCUT2D eigenvalue weighted by Gasteiger charge is 2.04. The summed E-state index contributed by atoms with van der Waals surface area (Å²) in [5, 5.41) is 0. The molecule has 3 aromatic carbocycles. The van der Waals surface area contributed by atoms with Crippen molar-refractivity contribution in [1.29, 1.82) is 0 Å². The van der Waals surface area contributed by atoms with Crippen LogP contribution in [0.5, 0.6) is 11.5 Å². The third kappa shape index (κ3) is 4.87. The largest absolute Gasteiger partial charge is 0.489 e. The molecule has 0 radical (unpaired) electrons. The smallest absolute Gasteiger partial charge is 0.130 e. The van der Waals surface area contributed by atoms with Crippen LogP contribution in [0.3, 0.4) is 0 Å². The minimum atomic E-state index is 0.412. The topological polar surface area (TPSA) is 31.4 Å². The van der Waals surface area contributed by atoms with Gasteiger partial charge in [0.25, 0.3) is 0 Å². The molecule has 0 aliphatic carbocycles. The first-order valence-corrected chi connectivity index (χ1v) is 10.1. The lowest BCUT2D eigenvalue weighted by molar-refractivity contribution is 0.287. The third-order valence-corrected chi connectivity index (χ3v) is 5.24. The molecule has 4 rings (SSSR count). The molecule has 1 aromatic heterocycles. The van der Waals surface area contributed by atoms with Gasteiger partial charge in [-0.25, -0.2) is 0 Å². The van der Waals surface area contributed by atoms with Crippen LogP contribution in [0, 0.1) is 13.8 Å². The van der Waals surface area contributed by atoms with Crippen LogP contribution in [-0.2, 0) is 13.2 Å². The van der Waals surface area contributed by atoms with Gasteiger partial charge in [0.05, 0.1) is 5.69 Å². The zero-order valence-corrected chi connectivity index (χ0v) is 17.3. The molecular formula is C27H25NO2. The quantitative estimate of drug-likeness (QED) is 0.357. The molecule has 3 nitrogen and oxygen atoms in total. The first-order chi connectivity index (χ1) is 14.7. The molecule has 0 saturated heterocycles. The van der Waals surface area contributed by atoms with Gasteiger partial charge in [0.1, 0.15) is 24.7 Å². The van der Waals surface area contributed by atoms with Crippen LogP contribution in [0.4, 0.5) is 0 Å². The molecule has 150 valence electrons. The monoisotopic (exact) mass is 395 g/mol. The molecule has 0 aliphatic heterocycles. The number of ether oxygens (including phenoxy) is 2. The number of rotatable bonds is 7. The summed E-state index contributed by atoms with van der Waals surface area (Å²) in [7, 11) is 0. The highest BCUT2D eigenvalue weighted by Crippen LogP contribution is 2.23. The minimum Gasteiger partial charge on any atom is -0.489 e. The normalized spacial score (nSPS) is 10.6. The van der Waals surface area contributed by atoms with Crippen molar-refractivity contribution in [2.75, 3.05) is 0 Å². The summed E-state index contributed by atoms with van der Waals surface area (Å²) >= 11 is 0. The zero-order valence-electron chi connectivity index (χ0n) is 17.3. The standard InChI is InChI=1S/C27H25NO2/c1-20-8-6-11-24(21(20)2)18-29-26-12-7-13-27(16-26)30-19-25-15-14-23(17-28-25)22-9-4-3-5-10-22/h3-17H,18-19H2,1-2H3. The summed E-state index contributed by atoms with van der Waals surface area (Å²) in [5.41, 5.74) is 6.89. The van der Waals surface area contributed by atoms with Crippen molar-refractivity contribution in [2.45, 2.75) is 27.1 Å². The predicted octanol–water partition coefficient (Wildman–Crippen LogP) is 6.52. The van der Waals surface area contributed by atoms with Crippen molar-refractivity contribution in [2.24, 2.45) is 0 Å². The number of aromatic nitrogens is 1. The maximum atomic E-state index is 5.99. The Bertz CT molecular complexity index is 1110. The summed E-state index contributed by atoms with van der Waals surface area (Å²) in [6.07, 6.45) is 1.89. The number of hydrogen-bond donors (Lipinski definition) is 0. The lowest BCUT2D eigenvalue weighted by Crippen LogP contribution is -2.00. The summed E-state index contributed by atoms with van der Waals surface area (Å²) in [4.78, 5) is 4.53. The van der Waals surface area contributed by atoms with E-state index in [9.17, 15) is 0 Å². The molecule has 4 aromatic rings. The molecule has 0 saturated carbocycles. The number of hydrogen-bond acceptors (Lipinski definition) is 3. The summed E-state index contributed by atoms with van der Waals surface area (Å²) in [6, 6.07) is 28.3. The van der Waals surface area contributed by atoms with Crippen LogP contribution in [0.2, 0.25) is 0 Å². The molecule has 0 bridgehead atoms. The van der Waals surface area contributed by atoms with Gasteiger partial charge in [-0.1, -0.05) is 60.7 Å². The van der Waals surface area contributed by atoms with Gasteiger partial charge in [-0.15, -0.1) is 0 Å². The van der Waals surface area contributed by atoms with Gasteiger partial charge in [-0.3, -0.25) is 4.98 Å². The molecule has 0 spiro atoms. The lowest BCUT2D eigenvalue weighted by Gasteiger charge is -2.12. The second-order valence-corrected chi connectivity index (χ2v) is 7.32. The highest BCUT2D eigenvalue weighted by molar-refractivity contribution is 5.62. The summed E-state index contributed by atoms with van der Waals surface area (Å²) < 4.78 is 11.9. The molecule has 0 fully saturated rings. The molecule has 1 heterocycles. The van der Waals surface area contributed by atoms with Gasteiger partial charge in [0.2, 0.25) is 0 Å². The van der Waals surface area contributed by atoms with E-state index in [4.69, 9.17) is 9.47 Å². The van der Waals surface area contributed by atoms with Crippen molar-refractivity contribution in [3.05, 3.63) is 114 Å². The second kappa shape index (κ2) is 9.27. The zero-order chi connectivity index (χ0) is 20.8. The average Bonchev–Trinajstić information content (AvgIpc) is 2.80. The summed E-state index contributed by atoms with van der Waals surface area (Å²) in [6.45, 7) is 5.20. The maximum absolute atomic E-state index is 5.99. The third-order valence-electron chi connectivity index (χ3n) is 5.24. The van der Waals surface area contributed by atoms with Gasteiger partial charge in [0, 0.05) is 17.8 Å². The predicted molar refractivity (Wildman–Crippen MR) is 121 cm³/mol. The van der Waals surface area contributed by atoms with E-state index in [0.717, 1.165) is 28.3 Å². The van der Waals surface area contributed by atoms with Gasteiger partial charge in [-0.05, 0) is 54.3 Å². The number of aryl methyl sites for hydroxylation is 1. The summed E-state index contributed by atoms with van der Waals surface area (Å²) in [5.74, 6) is 1.56. The van der Waals surface area contributed by atoms with E-state index in [1.165, 1.54) is 16.7 Å². The van der Waals surface area contributed by atoms with Crippen molar-refractivity contribution >= 4 is 0 Å². The SMILES string of the molecule is Cc1cccc(COc2cccc(OCc3ccc(-c4ccccc4)cn3)c2)c1C. The first kappa shape index (κ1) is 19.7. The van der Waals surface area contributed by atoms with E-state index in [1.807, 2.05) is 54.7 Å². The Hall–Kier alpha value is -3.59. The highest BCUT2D eigenvalue weighted by atomic mass is 16.5. The van der Waals surface area contributed by atoms with E-state index in [1.54, 1.807) is 0 Å². The van der Waals surface area contributed by atoms with Crippen molar-refractivity contribution in [1.82, 2.24) is 4.98 Å². The minimum absolute atomic E-state index is 0.412. The Morgan fingerprint density at radius 1 is 0.667 bits per heavy atom. The Morgan fingerprint density at radius 3 is 2.13 bits per heavy atom. The molecule has 0 N–H and O–H groups in total. The van der Waals surface area contributed by atoms with Crippen molar-refractivity contribution < 1.29 is 9.47 Å². The Morgan fingerprint density at radius 2 is 1.40 bits per heavy atom. The number of benzene rings is 3. The van der Waals surface area contributed by atoms with E-state index in [-0.39, 0.29) is 0 Å². The van der Waals surface area contributed by atoms with Crippen LogP contribution in [0.1, 0.15) is 22.4 Å². The van der Waals surface area contributed by atoms with Crippen molar-refractivity contribution in [3.63, 3.8) is 0 Å². The van der Waals surface area contributed by atoms with Crippen molar-refractivity contribution in [3.8, 4) is 22.6 Å². The van der Waals surface area contributed by atoms with Crippen LogP contribution < -0.4 is 9.47 Å². The number of nitrogens with zero attached hydrogens (tertiary/aromatic N) is 1. The molecular weight excluding hydrogens is 370 g/mol. The van der Waals surface area contributed by atoms with Crippen LogP contribution >= 0.6 is 0 Å². The molecule has 0 amide bonds. The van der Waals surface area contributed by atoms with Gasteiger partial charge >= 0.3 is 0 Å². The van der Waals surface area contributed by atoms with E-state index >= 15 is 0 Å². The first-order valence-electron chi connectivity index (χ1n) is 10.1. The van der Waals surface area contributed by atoms with E-state index in [0.29, 0.717) is 13.2 Å². The van der Waals surface area contributed by atoms with Crippen LogP contribution in [0.25, 0.3) is 11.1 Å². The second-order valence-electron chi connectivity index (χ2n) is 7.32. The van der Waals surface area contributed by atoms with Gasteiger partial charge in [0.15, 0.2) is 0 Å². The Kier molecular flexibility index (Phi) is 6.09. The van der Waals surface area contributed by atoms with E-state index < -0.39 is 0 Å². The van der Waals surface area contributed by atoms with Crippen LogP contribution in [0.15, 0.2) is 91.1 Å². The molecule has 3 heteroatoms. The maximum Gasteiger partial charge on any atom is 0.130 e. The molecule has 0 aliphatic rings. The van der Waals surface area contributed by atoms with Gasteiger partial charge < -0.3 is 9.47 Å². The molecule has 0 atom stereocenters. The molecule has 0 unspecified atom stereocenters. The number of pyridine rings is 1. The fourth-order valence-corrected chi connectivity index (χ4v) is 3.25. The average molecular weight is 396 g/mol. The van der Waals surface area contributed by atoms with Crippen LogP contribution in [-0.4, -0.2) is 4.98 Å². The van der Waals surface area contributed by atoms with Gasteiger partial charge in [-0.2, -0.15) is 0 Å². The fraction of sp³-hybridized carbons (Fsp3) is 0.148.